The molecule has 1 amide bonds. The highest BCUT2D eigenvalue weighted by Gasteiger charge is 2.29. The summed E-state index contributed by atoms with van der Waals surface area (Å²) in [6.45, 7) is 1.86. The van der Waals surface area contributed by atoms with E-state index in [1.807, 2.05) is 31.2 Å². The number of carbonyl (C=O) groups is 1. The molecule has 0 radical (unpaired) electrons. The molecule has 1 atom stereocenters. The summed E-state index contributed by atoms with van der Waals surface area (Å²) in [4.78, 5) is 11.8. The Hall–Kier alpha value is -1.40. The number of rotatable bonds is 7. The maximum atomic E-state index is 12.4. The molecule has 2 aliphatic carbocycles. The van der Waals surface area contributed by atoms with Crippen molar-refractivity contribution in [2.45, 2.75) is 57.9 Å². The highest BCUT2D eigenvalue weighted by atomic mass is 32.2. The van der Waals surface area contributed by atoms with Crippen molar-refractivity contribution in [2.75, 3.05) is 11.1 Å². The quantitative estimate of drug-likeness (QED) is 0.776. The van der Waals surface area contributed by atoms with Gasteiger partial charge in [0.15, 0.2) is 0 Å². The van der Waals surface area contributed by atoms with E-state index in [0.717, 1.165) is 49.8 Å². The molecule has 0 spiro atoms. The normalized spacial score (nSPS) is 20.2. The number of amides is 1. The fraction of sp³-hybridized carbons (Fsp3) is 0.632. The molecule has 5 nitrogen and oxygen atoms in total. The molecule has 0 heterocycles. The van der Waals surface area contributed by atoms with Gasteiger partial charge in [-0.25, -0.2) is 13.1 Å². The predicted molar refractivity (Wildman–Crippen MR) is 99.7 cm³/mol. The summed E-state index contributed by atoms with van der Waals surface area (Å²) in [7, 11) is -3.28. The molecule has 0 bridgehead atoms. The molecule has 0 unspecified atom stereocenters. The van der Waals surface area contributed by atoms with Crippen molar-refractivity contribution < 1.29 is 13.2 Å². The minimum atomic E-state index is -3.28. The van der Waals surface area contributed by atoms with Gasteiger partial charge in [-0.2, -0.15) is 0 Å². The summed E-state index contributed by atoms with van der Waals surface area (Å²) < 4.78 is 27.6. The van der Waals surface area contributed by atoms with Crippen LogP contribution in [-0.2, 0) is 14.8 Å². The number of hydrogen-bond acceptors (Lipinski definition) is 3. The minimum absolute atomic E-state index is 0.0778. The summed E-state index contributed by atoms with van der Waals surface area (Å²) >= 11 is 0. The Morgan fingerprint density at radius 3 is 2.32 bits per heavy atom. The summed E-state index contributed by atoms with van der Waals surface area (Å²) in [6, 6.07) is 7.14. The fourth-order valence-electron chi connectivity index (χ4n) is 3.49. The number of anilines is 1. The second-order valence-electron chi connectivity index (χ2n) is 7.51. The van der Waals surface area contributed by atoms with Crippen molar-refractivity contribution in [3.63, 3.8) is 0 Å². The van der Waals surface area contributed by atoms with Crippen LogP contribution in [0.3, 0.4) is 0 Å². The third-order valence-corrected chi connectivity index (χ3v) is 6.79. The molecule has 2 saturated carbocycles. The first kappa shape index (κ1) is 18.4. The van der Waals surface area contributed by atoms with Gasteiger partial charge in [0.1, 0.15) is 0 Å². The number of benzene rings is 1. The maximum absolute atomic E-state index is 12.4. The molecular formula is C19H28N2O3S. The first-order valence-corrected chi connectivity index (χ1v) is 11.0. The Balaban J connectivity index is 1.54. The van der Waals surface area contributed by atoms with Gasteiger partial charge in [-0.15, -0.1) is 0 Å². The second kappa shape index (κ2) is 7.87. The molecule has 0 aromatic heterocycles. The van der Waals surface area contributed by atoms with Gasteiger partial charge in [0.2, 0.25) is 15.9 Å². The average molecular weight is 365 g/mol. The molecule has 0 saturated heterocycles. The topological polar surface area (TPSA) is 75.3 Å². The molecule has 0 aliphatic heterocycles. The van der Waals surface area contributed by atoms with Crippen molar-refractivity contribution in [3.8, 4) is 0 Å². The predicted octanol–water partition coefficient (Wildman–Crippen LogP) is 3.60. The van der Waals surface area contributed by atoms with Crippen LogP contribution in [0.15, 0.2) is 24.3 Å². The Morgan fingerprint density at radius 2 is 1.72 bits per heavy atom. The van der Waals surface area contributed by atoms with Gasteiger partial charge >= 0.3 is 0 Å². The van der Waals surface area contributed by atoms with Crippen LogP contribution in [0.5, 0.6) is 0 Å². The summed E-state index contributed by atoms with van der Waals surface area (Å²) in [5, 5.41) is 2.89. The first-order valence-electron chi connectivity index (χ1n) is 9.34. The number of sulfonamides is 1. The zero-order valence-electron chi connectivity index (χ0n) is 14.8. The van der Waals surface area contributed by atoms with Crippen molar-refractivity contribution in [1.29, 1.82) is 0 Å². The van der Waals surface area contributed by atoms with Crippen LogP contribution in [0, 0.1) is 11.8 Å². The summed E-state index contributed by atoms with van der Waals surface area (Å²) in [6.07, 6.45) is 7.50. The van der Waals surface area contributed by atoms with Crippen LogP contribution in [0.25, 0.3) is 0 Å². The lowest BCUT2D eigenvalue weighted by molar-refractivity contribution is -0.117. The van der Waals surface area contributed by atoms with E-state index >= 15 is 0 Å². The van der Waals surface area contributed by atoms with E-state index in [0.29, 0.717) is 5.92 Å². The molecular weight excluding hydrogens is 336 g/mol. The molecule has 2 fully saturated rings. The maximum Gasteiger partial charge on any atom is 0.227 e. The Bertz CT molecular complexity index is 690. The van der Waals surface area contributed by atoms with Crippen molar-refractivity contribution in [2.24, 2.45) is 11.8 Å². The largest absolute Gasteiger partial charge is 0.326 e. The minimum Gasteiger partial charge on any atom is -0.326 e. The second-order valence-corrected chi connectivity index (χ2v) is 9.31. The Labute approximate surface area is 150 Å². The smallest absolute Gasteiger partial charge is 0.227 e. The molecule has 2 aliphatic rings. The van der Waals surface area contributed by atoms with Crippen LogP contribution >= 0.6 is 0 Å². The first-order chi connectivity index (χ1) is 11.9. The molecule has 1 aromatic rings. The SMILES string of the molecule is C[C@@H](NS(=O)(=O)CC1CCCCC1)c1ccc(NC(=O)C2CC2)cc1. The molecule has 1 aromatic carbocycles. The van der Waals surface area contributed by atoms with Gasteiger partial charge in [0.05, 0.1) is 5.75 Å². The number of carbonyl (C=O) groups excluding carboxylic acids is 1. The van der Waals surface area contributed by atoms with Gasteiger partial charge in [-0.05, 0) is 56.2 Å². The van der Waals surface area contributed by atoms with Gasteiger partial charge in [-0.1, -0.05) is 31.4 Å². The Morgan fingerprint density at radius 1 is 1.08 bits per heavy atom. The number of nitrogens with one attached hydrogen (secondary N) is 2. The van der Waals surface area contributed by atoms with Gasteiger partial charge < -0.3 is 5.32 Å². The van der Waals surface area contributed by atoms with Gasteiger partial charge in [-0.3, -0.25) is 4.79 Å². The fourth-order valence-corrected chi connectivity index (χ4v) is 5.22. The van der Waals surface area contributed by atoms with E-state index in [2.05, 4.69) is 10.0 Å². The van der Waals surface area contributed by atoms with Crippen LogP contribution < -0.4 is 10.0 Å². The third kappa shape index (κ3) is 5.54. The number of hydrogen-bond donors (Lipinski definition) is 2. The van der Waals surface area contributed by atoms with Crippen LogP contribution in [-0.4, -0.2) is 20.1 Å². The molecule has 138 valence electrons. The molecule has 3 rings (SSSR count). The highest BCUT2D eigenvalue weighted by Crippen LogP contribution is 2.30. The van der Waals surface area contributed by atoms with Gasteiger partial charge in [0.25, 0.3) is 0 Å². The molecule has 2 N–H and O–H groups in total. The molecule has 6 heteroatoms. The van der Waals surface area contributed by atoms with E-state index < -0.39 is 10.0 Å². The third-order valence-electron chi connectivity index (χ3n) is 5.16. The van der Waals surface area contributed by atoms with Crippen LogP contribution in [0.4, 0.5) is 5.69 Å². The van der Waals surface area contributed by atoms with E-state index in [4.69, 9.17) is 0 Å². The summed E-state index contributed by atoms with van der Waals surface area (Å²) in [5.74, 6) is 0.769. The zero-order chi connectivity index (χ0) is 17.9. The van der Waals surface area contributed by atoms with Crippen LogP contribution in [0.1, 0.15) is 63.5 Å². The lowest BCUT2D eigenvalue weighted by atomic mass is 9.91. The lowest BCUT2D eigenvalue weighted by Crippen LogP contribution is -2.32. The Kier molecular flexibility index (Phi) is 5.79. The van der Waals surface area contributed by atoms with E-state index in [1.54, 1.807) is 0 Å². The monoisotopic (exact) mass is 364 g/mol. The van der Waals surface area contributed by atoms with Gasteiger partial charge in [0, 0.05) is 17.6 Å². The van der Waals surface area contributed by atoms with Crippen molar-refractivity contribution in [3.05, 3.63) is 29.8 Å². The van der Waals surface area contributed by atoms with Crippen molar-refractivity contribution in [1.82, 2.24) is 4.72 Å². The van der Waals surface area contributed by atoms with Crippen molar-refractivity contribution >= 4 is 21.6 Å². The summed E-state index contributed by atoms with van der Waals surface area (Å²) in [5.41, 5.74) is 1.66. The standard InChI is InChI=1S/C19H28N2O3S/c1-14(21-25(23,24)13-15-5-3-2-4-6-15)16-9-11-18(12-10-16)20-19(22)17-7-8-17/h9-12,14-15,17,21H,2-8,13H2,1H3,(H,20,22)/t14-/m1/s1. The zero-order valence-corrected chi connectivity index (χ0v) is 15.6. The molecule has 25 heavy (non-hydrogen) atoms. The van der Waals surface area contributed by atoms with Crippen LogP contribution in [0.2, 0.25) is 0 Å². The van der Waals surface area contributed by atoms with E-state index in [-0.39, 0.29) is 23.6 Å². The highest BCUT2D eigenvalue weighted by molar-refractivity contribution is 7.89. The average Bonchev–Trinajstić information content (AvgIpc) is 3.40. The van der Waals surface area contributed by atoms with E-state index in [9.17, 15) is 13.2 Å². The lowest BCUT2D eigenvalue weighted by Gasteiger charge is -2.23. The van der Waals surface area contributed by atoms with E-state index in [1.165, 1.54) is 6.42 Å².